The van der Waals surface area contributed by atoms with Crippen molar-refractivity contribution < 1.29 is 9.53 Å². The summed E-state index contributed by atoms with van der Waals surface area (Å²) >= 11 is 0. The van der Waals surface area contributed by atoms with Gasteiger partial charge in [-0.05, 0) is 29.2 Å². The molecule has 0 aliphatic heterocycles. The van der Waals surface area contributed by atoms with Crippen molar-refractivity contribution in [1.29, 1.82) is 0 Å². The van der Waals surface area contributed by atoms with E-state index >= 15 is 0 Å². The Hall–Kier alpha value is -2.04. The Bertz CT molecular complexity index is 630. The van der Waals surface area contributed by atoms with Crippen LogP contribution in [0.2, 0.25) is 0 Å². The van der Waals surface area contributed by atoms with Gasteiger partial charge in [0.15, 0.2) is 0 Å². The molecule has 2 aromatic carbocycles. The van der Waals surface area contributed by atoms with Gasteiger partial charge < -0.3 is 15.8 Å². The van der Waals surface area contributed by atoms with Gasteiger partial charge in [0, 0.05) is 12.6 Å². The minimum atomic E-state index is -0.193. The number of carbonyl (C=O) groups is 1. The molecule has 0 saturated heterocycles. The third-order valence-electron chi connectivity index (χ3n) is 3.62. The summed E-state index contributed by atoms with van der Waals surface area (Å²) in [6, 6.07) is 17.2. The second-order valence-corrected chi connectivity index (χ2v) is 6.35. The summed E-state index contributed by atoms with van der Waals surface area (Å²) in [7, 11) is 0. The first kappa shape index (κ1) is 21.0. The Morgan fingerprint density at radius 3 is 2.32 bits per heavy atom. The van der Waals surface area contributed by atoms with E-state index in [9.17, 15) is 4.79 Å². The molecule has 0 saturated carbocycles. The Kier molecular flexibility index (Phi) is 9.03. The molecule has 2 aromatic rings. The normalized spacial score (nSPS) is 11.5. The van der Waals surface area contributed by atoms with Crippen LogP contribution in [-0.4, -0.2) is 19.1 Å². The van der Waals surface area contributed by atoms with Crippen molar-refractivity contribution >= 4 is 18.3 Å². The van der Waals surface area contributed by atoms with E-state index in [-0.39, 0.29) is 24.4 Å². The minimum Gasteiger partial charge on any atom is -0.493 e. The van der Waals surface area contributed by atoms with Crippen LogP contribution < -0.4 is 15.8 Å². The lowest BCUT2D eigenvalue weighted by molar-refractivity contribution is -0.120. The number of amides is 1. The topological polar surface area (TPSA) is 64.3 Å². The van der Waals surface area contributed by atoms with Gasteiger partial charge in [0.1, 0.15) is 5.75 Å². The lowest BCUT2D eigenvalue weighted by Crippen LogP contribution is -2.32. The SMILES string of the molecule is CC(C)COc1ccc(CC(=O)NCC(N)c2ccccc2)cc1.Cl. The molecule has 0 aliphatic rings. The van der Waals surface area contributed by atoms with Crippen LogP contribution in [0.25, 0.3) is 0 Å². The standard InChI is InChI=1S/C20H26N2O2.ClH/c1-15(2)14-24-18-10-8-16(9-11-18)12-20(23)22-13-19(21)17-6-4-3-5-7-17;/h3-11,15,19H,12-14,21H2,1-2H3,(H,22,23);1H. The van der Waals surface area contributed by atoms with Crippen LogP contribution in [0.1, 0.15) is 31.0 Å². The zero-order chi connectivity index (χ0) is 17.4. The van der Waals surface area contributed by atoms with E-state index in [4.69, 9.17) is 10.5 Å². The lowest BCUT2D eigenvalue weighted by atomic mass is 10.1. The number of rotatable bonds is 8. The molecule has 0 spiro atoms. The summed E-state index contributed by atoms with van der Waals surface area (Å²) in [5.41, 5.74) is 8.06. The van der Waals surface area contributed by atoms with E-state index in [1.54, 1.807) is 0 Å². The Labute approximate surface area is 156 Å². The Morgan fingerprint density at radius 1 is 1.08 bits per heavy atom. The molecule has 2 rings (SSSR count). The zero-order valence-corrected chi connectivity index (χ0v) is 15.6. The number of hydrogen-bond donors (Lipinski definition) is 2. The van der Waals surface area contributed by atoms with Gasteiger partial charge in [-0.25, -0.2) is 0 Å². The van der Waals surface area contributed by atoms with Crippen LogP contribution in [-0.2, 0) is 11.2 Å². The van der Waals surface area contributed by atoms with Crippen molar-refractivity contribution in [2.75, 3.05) is 13.2 Å². The van der Waals surface area contributed by atoms with Crippen molar-refractivity contribution in [3.8, 4) is 5.75 Å². The van der Waals surface area contributed by atoms with Crippen LogP contribution in [0.4, 0.5) is 0 Å². The van der Waals surface area contributed by atoms with Crippen molar-refractivity contribution in [1.82, 2.24) is 5.32 Å². The third-order valence-corrected chi connectivity index (χ3v) is 3.62. The molecule has 0 aliphatic carbocycles. The van der Waals surface area contributed by atoms with E-state index in [0.29, 0.717) is 25.5 Å². The van der Waals surface area contributed by atoms with Gasteiger partial charge in [-0.2, -0.15) is 0 Å². The molecular formula is C20H27ClN2O2. The first-order chi connectivity index (χ1) is 11.5. The van der Waals surface area contributed by atoms with E-state index < -0.39 is 0 Å². The Morgan fingerprint density at radius 2 is 1.72 bits per heavy atom. The van der Waals surface area contributed by atoms with Crippen molar-refractivity contribution in [2.45, 2.75) is 26.3 Å². The maximum absolute atomic E-state index is 12.1. The monoisotopic (exact) mass is 362 g/mol. The van der Waals surface area contributed by atoms with Gasteiger partial charge in [-0.15, -0.1) is 12.4 Å². The predicted octanol–water partition coefficient (Wildman–Crippen LogP) is 3.50. The average molecular weight is 363 g/mol. The van der Waals surface area contributed by atoms with E-state index in [1.807, 2.05) is 54.6 Å². The molecule has 0 radical (unpaired) electrons. The van der Waals surface area contributed by atoms with Gasteiger partial charge in [-0.1, -0.05) is 56.3 Å². The number of carbonyl (C=O) groups excluding carboxylic acids is 1. The fourth-order valence-corrected chi connectivity index (χ4v) is 2.26. The summed E-state index contributed by atoms with van der Waals surface area (Å²) in [6.45, 7) is 5.34. The van der Waals surface area contributed by atoms with E-state index in [0.717, 1.165) is 16.9 Å². The van der Waals surface area contributed by atoms with Gasteiger partial charge in [-0.3, -0.25) is 4.79 Å². The molecule has 25 heavy (non-hydrogen) atoms. The highest BCUT2D eigenvalue weighted by molar-refractivity contribution is 5.85. The first-order valence-corrected chi connectivity index (χ1v) is 8.33. The highest BCUT2D eigenvalue weighted by atomic mass is 35.5. The van der Waals surface area contributed by atoms with Gasteiger partial charge in [0.05, 0.1) is 13.0 Å². The summed E-state index contributed by atoms with van der Waals surface area (Å²) in [5.74, 6) is 1.29. The second kappa shape index (κ2) is 10.7. The molecule has 0 fully saturated rings. The number of nitrogens with one attached hydrogen (secondary N) is 1. The first-order valence-electron chi connectivity index (χ1n) is 8.33. The summed E-state index contributed by atoms with van der Waals surface area (Å²) in [5, 5.41) is 2.89. The quantitative estimate of drug-likeness (QED) is 0.755. The third kappa shape index (κ3) is 7.59. The Balaban J connectivity index is 0.00000312. The fourth-order valence-electron chi connectivity index (χ4n) is 2.26. The average Bonchev–Trinajstić information content (AvgIpc) is 2.60. The maximum atomic E-state index is 12.1. The smallest absolute Gasteiger partial charge is 0.224 e. The minimum absolute atomic E-state index is 0. The highest BCUT2D eigenvalue weighted by Gasteiger charge is 2.08. The zero-order valence-electron chi connectivity index (χ0n) is 14.8. The molecule has 5 heteroatoms. The largest absolute Gasteiger partial charge is 0.493 e. The van der Waals surface area contributed by atoms with E-state index in [1.165, 1.54) is 0 Å². The summed E-state index contributed by atoms with van der Waals surface area (Å²) in [4.78, 5) is 12.1. The molecule has 0 aromatic heterocycles. The molecule has 136 valence electrons. The van der Waals surface area contributed by atoms with Crippen LogP contribution in [0, 0.1) is 5.92 Å². The maximum Gasteiger partial charge on any atom is 0.224 e. The molecular weight excluding hydrogens is 336 g/mol. The van der Waals surface area contributed by atoms with Gasteiger partial charge >= 0.3 is 0 Å². The number of hydrogen-bond acceptors (Lipinski definition) is 3. The summed E-state index contributed by atoms with van der Waals surface area (Å²) in [6.07, 6.45) is 0.339. The molecule has 0 bridgehead atoms. The van der Waals surface area contributed by atoms with Crippen molar-refractivity contribution in [3.63, 3.8) is 0 Å². The molecule has 1 unspecified atom stereocenters. The van der Waals surface area contributed by atoms with E-state index in [2.05, 4.69) is 19.2 Å². The number of nitrogens with two attached hydrogens (primary N) is 1. The summed E-state index contributed by atoms with van der Waals surface area (Å²) < 4.78 is 5.64. The molecule has 3 N–H and O–H groups in total. The fraction of sp³-hybridized carbons (Fsp3) is 0.350. The van der Waals surface area contributed by atoms with Crippen molar-refractivity contribution in [2.24, 2.45) is 11.7 Å². The molecule has 0 heterocycles. The number of halogens is 1. The van der Waals surface area contributed by atoms with Crippen molar-refractivity contribution in [3.05, 3.63) is 65.7 Å². The predicted molar refractivity (Wildman–Crippen MR) is 104 cm³/mol. The molecule has 1 amide bonds. The van der Waals surface area contributed by atoms with Crippen LogP contribution in [0.5, 0.6) is 5.75 Å². The van der Waals surface area contributed by atoms with Crippen LogP contribution >= 0.6 is 12.4 Å². The van der Waals surface area contributed by atoms with Crippen LogP contribution in [0.3, 0.4) is 0 Å². The highest BCUT2D eigenvalue weighted by Crippen LogP contribution is 2.14. The molecule has 1 atom stereocenters. The van der Waals surface area contributed by atoms with Gasteiger partial charge in [0.25, 0.3) is 0 Å². The lowest BCUT2D eigenvalue weighted by Gasteiger charge is -2.13. The second-order valence-electron chi connectivity index (χ2n) is 6.35. The molecule has 4 nitrogen and oxygen atoms in total. The number of benzene rings is 2. The van der Waals surface area contributed by atoms with Crippen LogP contribution in [0.15, 0.2) is 54.6 Å². The van der Waals surface area contributed by atoms with Gasteiger partial charge in [0.2, 0.25) is 5.91 Å². The number of ether oxygens (including phenoxy) is 1.